The topological polar surface area (TPSA) is 75.6 Å². The zero-order chi connectivity index (χ0) is 19.7. The van der Waals surface area contributed by atoms with E-state index in [4.69, 9.17) is 0 Å². The monoisotopic (exact) mass is 387 g/mol. The first kappa shape index (κ1) is 18.0. The fourth-order valence-electron chi connectivity index (χ4n) is 3.21. The van der Waals surface area contributed by atoms with Crippen molar-refractivity contribution in [1.82, 2.24) is 24.8 Å². The minimum Gasteiger partial charge on any atom is -0.361 e. The van der Waals surface area contributed by atoms with Gasteiger partial charge in [0.2, 0.25) is 11.7 Å². The normalized spacial score (nSPS) is 12.0. The molecule has 0 atom stereocenters. The van der Waals surface area contributed by atoms with Crippen molar-refractivity contribution in [2.75, 3.05) is 6.54 Å². The van der Waals surface area contributed by atoms with Crippen molar-refractivity contribution >= 4 is 28.0 Å². The number of nitrogens with one attached hydrogen (secondary N) is 2. The second kappa shape index (κ2) is 6.99. The number of para-hydroxylation sites is 1. The van der Waals surface area contributed by atoms with Gasteiger partial charge in [-0.15, -0.1) is 0 Å². The lowest BCUT2D eigenvalue weighted by molar-refractivity contribution is -0.146. The number of pyridine rings is 1. The molecule has 6 nitrogen and oxygen atoms in total. The van der Waals surface area contributed by atoms with Crippen LogP contribution >= 0.6 is 0 Å². The van der Waals surface area contributed by atoms with Gasteiger partial charge in [-0.1, -0.05) is 18.2 Å². The maximum absolute atomic E-state index is 13.3. The fourth-order valence-corrected chi connectivity index (χ4v) is 3.21. The molecular weight excluding hydrogens is 371 g/mol. The lowest BCUT2D eigenvalue weighted by atomic mass is 10.1. The Balaban J connectivity index is 1.46. The van der Waals surface area contributed by atoms with Gasteiger partial charge in [0.15, 0.2) is 5.65 Å². The molecule has 0 saturated carbocycles. The molecule has 0 radical (unpaired) electrons. The van der Waals surface area contributed by atoms with E-state index < -0.39 is 12.0 Å². The lowest BCUT2D eigenvalue weighted by Gasteiger charge is -2.11. The van der Waals surface area contributed by atoms with E-state index in [1.54, 1.807) is 6.20 Å². The molecule has 0 aliphatic rings. The minimum atomic E-state index is -4.60. The number of nitrogens with zero attached hydrogens (tertiary/aromatic N) is 3. The molecular formula is C19H16F3N5O. The molecule has 0 spiro atoms. The first-order chi connectivity index (χ1) is 13.4. The van der Waals surface area contributed by atoms with Crippen molar-refractivity contribution in [3.63, 3.8) is 0 Å². The van der Waals surface area contributed by atoms with E-state index >= 15 is 0 Å². The van der Waals surface area contributed by atoms with Gasteiger partial charge in [-0.05, 0) is 23.8 Å². The largest absolute Gasteiger partial charge is 0.449 e. The van der Waals surface area contributed by atoms with Crippen LogP contribution in [0.2, 0.25) is 0 Å². The van der Waals surface area contributed by atoms with E-state index in [-0.39, 0.29) is 36.6 Å². The molecule has 0 aliphatic heterocycles. The Morgan fingerprint density at radius 1 is 1.18 bits per heavy atom. The summed E-state index contributed by atoms with van der Waals surface area (Å²) in [5, 5.41) is 3.62. The summed E-state index contributed by atoms with van der Waals surface area (Å²) in [6.45, 7) is -0.0473. The van der Waals surface area contributed by atoms with Crippen LogP contribution < -0.4 is 5.32 Å². The molecule has 0 fully saturated rings. The van der Waals surface area contributed by atoms with Gasteiger partial charge in [0.1, 0.15) is 5.52 Å². The fraction of sp³-hybridized carbons (Fsp3) is 0.211. The summed E-state index contributed by atoms with van der Waals surface area (Å²) in [4.78, 5) is 23.0. The van der Waals surface area contributed by atoms with Gasteiger partial charge < -0.3 is 14.9 Å². The van der Waals surface area contributed by atoms with E-state index in [0.29, 0.717) is 0 Å². The molecule has 3 aromatic heterocycles. The van der Waals surface area contributed by atoms with Crippen LogP contribution in [-0.4, -0.2) is 32.0 Å². The highest BCUT2D eigenvalue weighted by molar-refractivity contribution is 5.88. The number of aromatic amines is 1. The molecule has 2 N–H and O–H groups in total. The lowest BCUT2D eigenvalue weighted by Crippen LogP contribution is -2.29. The number of imidazole rings is 1. The highest BCUT2D eigenvalue weighted by Crippen LogP contribution is 2.30. The number of amides is 1. The molecule has 0 aliphatic carbocycles. The summed E-state index contributed by atoms with van der Waals surface area (Å²) < 4.78 is 40.8. The van der Waals surface area contributed by atoms with Gasteiger partial charge >= 0.3 is 6.18 Å². The maximum atomic E-state index is 13.3. The predicted octanol–water partition coefficient (Wildman–Crippen LogP) is 3.29. The van der Waals surface area contributed by atoms with Crippen LogP contribution in [0.3, 0.4) is 0 Å². The smallest absolute Gasteiger partial charge is 0.361 e. The van der Waals surface area contributed by atoms with Gasteiger partial charge in [-0.25, -0.2) is 9.97 Å². The quantitative estimate of drug-likeness (QED) is 0.552. The van der Waals surface area contributed by atoms with Gasteiger partial charge in [0.25, 0.3) is 0 Å². The Kier molecular flexibility index (Phi) is 4.50. The summed E-state index contributed by atoms with van der Waals surface area (Å²) in [5.41, 5.74) is 2.07. The zero-order valence-electron chi connectivity index (χ0n) is 14.6. The predicted molar refractivity (Wildman–Crippen MR) is 97.5 cm³/mol. The molecule has 3 heterocycles. The summed E-state index contributed by atoms with van der Waals surface area (Å²) in [7, 11) is 0. The third kappa shape index (κ3) is 3.42. The highest BCUT2D eigenvalue weighted by Gasteiger charge is 2.37. The number of halogens is 3. The van der Waals surface area contributed by atoms with Crippen molar-refractivity contribution in [1.29, 1.82) is 0 Å². The standard InChI is InChI=1S/C19H16F3N5O/c20-19(21,22)18-26-15-6-3-7-24-17(15)27(18)9-8-23-16(28)10-12-11-25-14-5-2-1-4-13(12)14/h1-7,11,25H,8-10H2,(H,23,28). The number of carbonyl (C=O) groups is 1. The minimum absolute atomic E-state index is 0.0340. The molecule has 144 valence electrons. The van der Waals surface area contributed by atoms with Crippen LogP contribution in [0.15, 0.2) is 48.8 Å². The van der Waals surface area contributed by atoms with Crippen LogP contribution in [0.4, 0.5) is 13.2 Å². The van der Waals surface area contributed by atoms with Crippen LogP contribution in [0.5, 0.6) is 0 Å². The number of H-pyrrole nitrogens is 1. The third-order valence-electron chi connectivity index (χ3n) is 4.44. The number of rotatable bonds is 5. The zero-order valence-corrected chi connectivity index (χ0v) is 14.6. The van der Waals surface area contributed by atoms with E-state index in [1.807, 2.05) is 24.3 Å². The molecule has 0 bridgehead atoms. The SMILES string of the molecule is O=C(Cc1c[nH]c2ccccc12)NCCn1c(C(F)(F)F)nc2cccnc21. The van der Waals surface area contributed by atoms with Crippen LogP contribution in [0.1, 0.15) is 11.4 Å². The Labute approximate surface area is 157 Å². The highest BCUT2D eigenvalue weighted by atomic mass is 19.4. The Hall–Kier alpha value is -3.36. The van der Waals surface area contributed by atoms with Gasteiger partial charge in [-0.3, -0.25) is 4.79 Å². The first-order valence-corrected chi connectivity index (χ1v) is 8.63. The number of fused-ring (bicyclic) bond motifs is 2. The van der Waals surface area contributed by atoms with E-state index in [2.05, 4.69) is 20.3 Å². The molecule has 28 heavy (non-hydrogen) atoms. The van der Waals surface area contributed by atoms with Gasteiger partial charge in [0.05, 0.1) is 6.42 Å². The molecule has 0 saturated heterocycles. The second-order valence-electron chi connectivity index (χ2n) is 6.32. The third-order valence-corrected chi connectivity index (χ3v) is 4.44. The summed E-state index contributed by atoms with van der Waals surface area (Å²) >= 11 is 0. The van der Waals surface area contributed by atoms with Gasteiger partial charge in [-0.2, -0.15) is 13.2 Å². The van der Waals surface area contributed by atoms with Crippen molar-refractivity contribution in [2.24, 2.45) is 0 Å². The van der Waals surface area contributed by atoms with Crippen molar-refractivity contribution in [3.8, 4) is 0 Å². The average Bonchev–Trinajstić information content (AvgIpc) is 3.24. The number of aromatic nitrogens is 4. The molecule has 4 rings (SSSR count). The molecule has 1 amide bonds. The summed E-state index contributed by atoms with van der Waals surface area (Å²) in [5.74, 6) is -1.29. The average molecular weight is 387 g/mol. The number of hydrogen-bond donors (Lipinski definition) is 2. The Morgan fingerprint density at radius 2 is 2.00 bits per heavy atom. The molecule has 9 heteroatoms. The van der Waals surface area contributed by atoms with Gasteiger partial charge in [0, 0.05) is 36.4 Å². The van der Waals surface area contributed by atoms with Crippen LogP contribution in [0, 0.1) is 0 Å². The second-order valence-corrected chi connectivity index (χ2v) is 6.32. The summed E-state index contributed by atoms with van der Waals surface area (Å²) in [6, 6.07) is 10.6. The van der Waals surface area contributed by atoms with Crippen molar-refractivity contribution in [3.05, 3.63) is 60.2 Å². The first-order valence-electron chi connectivity index (χ1n) is 8.63. The maximum Gasteiger partial charge on any atom is 0.449 e. The Morgan fingerprint density at radius 3 is 2.82 bits per heavy atom. The summed E-state index contributed by atoms with van der Waals surface area (Å²) in [6.07, 6.45) is -1.29. The number of benzene rings is 1. The number of alkyl halides is 3. The van der Waals surface area contributed by atoms with E-state index in [1.165, 1.54) is 18.3 Å². The molecule has 0 unspecified atom stereocenters. The number of hydrogen-bond acceptors (Lipinski definition) is 3. The van der Waals surface area contributed by atoms with Crippen LogP contribution in [0.25, 0.3) is 22.1 Å². The Bertz CT molecular complexity index is 1150. The van der Waals surface area contributed by atoms with E-state index in [0.717, 1.165) is 21.0 Å². The van der Waals surface area contributed by atoms with Crippen molar-refractivity contribution in [2.45, 2.75) is 19.1 Å². The van der Waals surface area contributed by atoms with E-state index in [9.17, 15) is 18.0 Å². The number of carbonyl (C=O) groups excluding carboxylic acids is 1. The molecule has 4 aromatic rings. The van der Waals surface area contributed by atoms with Crippen molar-refractivity contribution < 1.29 is 18.0 Å². The van der Waals surface area contributed by atoms with Crippen LogP contribution in [-0.2, 0) is 23.9 Å². The molecule has 1 aromatic carbocycles.